The van der Waals surface area contributed by atoms with E-state index in [1.165, 1.54) is 18.9 Å². The molecule has 2 amide bonds. The van der Waals surface area contributed by atoms with E-state index >= 15 is 0 Å². The van der Waals surface area contributed by atoms with Crippen molar-refractivity contribution in [3.05, 3.63) is 35.9 Å². The summed E-state index contributed by atoms with van der Waals surface area (Å²) in [4.78, 5) is 37.6. The Hall–Kier alpha value is -2.37. The number of ether oxygens (including phenoxy) is 1. The molecule has 0 aromatic heterocycles. The molecule has 1 fully saturated rings. The van der Waals surface area contributed by atoms with Crippen LogP contribution in [0.25, 0.3) is 0 Å². The number of likely N-dealkylation sites (tertiary alicyclic amines) is 1. The summed E-state index contributed by atoms with van der Waals surface area (Å²) in [5.41, 5.74) is 0.875. The first-order valence-corrected chi connectivity index (χ1v) is 7.60. The predicted octanol–water partition coefficient (Wildman–Crippen LogP) is 1.27. The van der Waals surface area contributed by atoms with Crippen molar-refractivity contribution in [2.45, 2.75) is 38.9 Å². The molecule has 6 heteroatoms. The van der Waals surface area contributed by atoms with Crippen molar-refractivity contribution < 1.29 is 19.1 Å². The van der Waals surface area contributed by atoms with E-state index in [9.17, 15) is 14.4 Å². The molecule has 124 valence electrons. The number of amides is 2. The Labute approximate surface area is 135 Å². The van der Waals surface area contributed by atoms with Crippen LogP contribution in [0.3, 0.4) is 0 Å². The Bertz CT molecular complexity index is 600. The first-order chi connectivity index (χ1) is 10.9. The van der Waals surface area contributed by atoms with Gasteiger partial charge in [0.1, 0.15) is 12.1 Å². The SMILES string of the molecule is COC(=O)C(C(C)C)N1C(=O)C(NC(C)=O)C1c1ccccc1. The highest BCUT2D eigenvalue weighted by Crippen LogP contribution is 2.38. The van der Waals surface area contributed by atoms with Crippen LogP contribution >= 0.6 is 0 Å². The van der Waals surface area contributed by atoms with E-state index < -0.39 is 18.1 Å². The smallest absolute Gasteiger partial charge is 0.328 e. The lowest BCUT2D eigenvalue weighted by Gasteiger charge is -2.51. The monoisotopic (exact) mass is 318 g/mol. The minimum absolute atomic E-state index is 0.101. The van der Waals surface area contributed by atoms with E-state index in [0.717, 1.165) is 5.56 Å². The normalized spacial score (nSPS) is 21.6. The van der Waals surface area contributed by atoms with E-state index in [0.29, 0.717) is 0 Å². The second kappa shape index (κ2) is 6.81. The van der Waals surface area contributed by atoms with Crippen LogP contribution in [0.2, 0.25) is 0 Å². The molecule has 23 heavy (non-hydrogen) atoms. The number of carbonyl (C=O) groups is 3. The standard InChI is InChI=1S/C17H22N2O4/c1-10(2)14(17(22)23-4)19-15(12-8-6-5-7-9-12)13(16(19)21)18-11(3)20/h5-10,13-15H,1-4H3,(H,18,20). The molecule has 3 atom stereocenters. The van der Waals surface area contributed by atoms with Gasteiger partial charge < -0.3 is 15.0 Å². The third-order valence-corrected chi connectivity index (χ3v) is 4.01. The van der Waals surface area contributed by atoms with E-state index in [2.05, 4.69) is 5.32 Å². The first-order valence-electron chi connectivity index (χ1n) is 7.60. The largest absolute Gasteiger partial charge is 0.467 e. The molecule has 0 spiro atoms. The van der Waals surface area contributed by atoms with Crippen LogP contribution in [0.1, 0.15) is 32.4 Å². The van der Waals surface area contributed by atoms with Crippen molar-refractivity contribution in [3.8, 4) is 0 Å². The van der Waals surface area contributed by atoms with Gasteiger partial charge in [-0.25, -0.2) is 4.79 Å². The van der Waals surface area contributed by atoms with Gasteiger partial charge in [-0.15, -0.1) is 0 Å². The number of hydrogen-bond donors (Lipinski definition) is 1. The Morgan fingerprint density at radius 2 is 1.83 bits per heavy atom. The van der Waals surface area contributed by atoms with Crippen molar-refractivity contribution in [2.75, 3.05) is 7.11 Å². The van der Waals surface area contributed by atoms with Gasteiger partial charge in [-0.3, -0.25) is 9.59 Å². The second-order valence-electron chi connectivity index (χ2n) is 5.99. The molecule has 1 heterocycles. The maximum atomic E-state index is 12.6. The summed E-state index contributed by atoms with van der Waals surface area (Å²) >= 11 is 0. The van der Waals surface area contributed by atoms with Gasteiger partial charge in [0.25, 0.3) is 0 Å². The highest BCUT2D eigenvalue weighted by molar-refractivity contribution is 5.96. The number of β-lactam (4-membered cyclic amide) rings is 1. The number of nitrogens with zero attached hydrogens (tertiary/aromatic N) is 1. The van der Waals surface area contributed by atoms with E-state index in [-0.39, 0.29) is 23.8 Å². The summed E-state index contributed by atoms with van der Waals surface area (Å²) < 4.78 is 4.86. The number of benzene rings is 1. The first kappa shape index (κ1) is 17.0. The molecule has 0 saturated carbocycles. The lowest BCUT2D eigenvalue weighted by molar-refractivity contribution is -0.171. The highest BCUT2D eigenvalue weighted by atomic mass is 16.5. The lowest BCUT2D eigenvalue weighted by atomic mass is 9.84. The van der Waals surface area contributed by atoms with Crippen molar-refractivity contribution >= 4 is 17.8 Å². The van der Waals surface area contributed by atoms with Crippen LogP contribution in [0.4, 0.5) is 0 Å². The zero-order chi connectivity index (χ0) is 17.1. The van der Waals surface area contributed by atoms with Crippen molar-refractivity contribution in [1.29, 1.82) is 0 Å². The second-order valence-corrected chi connectivity index (χ2v) is 5.99. The minimum atomic E-state index is -0.678. The Morgan fingerprint density at radius 1 is 1.22 bits per heavy atom. The van der Waals surface area contributed by atoms with Crippen LogP contribution < -0.4 is 5.32 Å². The molecule has 1 aromatic rings. The van der Waals surface area contributed by atoms with Crippen LogP contribution in [0, 0.1) is 5.92 Å². The molecule has 2 rings (SSSR count). The van der Waals surface area contributed by atoms with Gasteiger partial charge in [0.2, 0.25) is 11.8 Å². The number of nitrogens with one attached hydrogen (secondary N) is 1. The number of esters is 1. The van der Waals surface area contributed by atoms with Gasteiger partial charge in [0, 0.05) is 6.92 Å². The van der Waals surface area contributed by atoms with E-state index in [4.69, 9.17) is 4.74 Å². The number of carbonyl (C=O) groups excluding carboxylic acids is 3. The molecule has 0 bridgehead atoms. The fourth-order valence-electron chi connectivity index (χ4n) is 3.01. The van der Waals surface area contributed by atoms with Gasteiger partial charge in [0.05, 0.1) is 13.2 Å². The zero-order valence-corrected chi connectivity index (χ0v) is 13.8. The zero-order valence-electron chi connectivity index (χ0n) is 13.8. The van der Waals surface area contributed by atoms with Crippen molar-refractivity contribution in [1.82, 2.24) is 10.2 Å². The van der Waals surface area contributed by atoms with Crippen LogP contribution in [-0.4, -0.2) is 41.9 Å². The molecule has 1 N–H and O–H groups in total. The van der Waals surface area contributed by atoms with Crippen LogP contribution in [0.5, 0.6) is 0 Å². The van der Waals surface area contributed by atoms with Gasteiger partial charge >= 0.3 is 5.97 Å². The van der Waals surface area contributed by atoms with Gasteiger partial charge in [-0.2, -0.15) is 0 Å². The molecular weight excluding hydrogens is 296 g/mol. The molecule has 1 aromatic carbocycles. The molecule has 0 aliphatic carbocycles. The minimum Gasteiger partial charge on any atom is -0.467 e. The summed E-state index contributed by atoms with van der Waals surface area (Å²) in [6.45, 7) is 5.10. The summed E-state index contributed by atoms with van der Waals surface area (Å²) in [6.07, 6.45) is 0. The number of rotatable bonds is 5. The molecule has 6 nitrogen and oxygen atoms in total. The summed E-state index contributed by atoms with van der Waals surface area (Å²) in [5, 5.41) is 2.68. The fourth-order valence-corrected chi connectivity index (χ4v) is 3.01. The Kier molecular flexibility index (Phi) is 5.03. The van der Waals surface area contributed by atoms with E-state index in [1.807, 2.05) is 44.2 Å². The number of hydrogen-bond acceptors (Lipinski definition) is 4. The third-order valence-electron chi connectivity index (χ3n) is 4.01. The number of methoxy groups -OCH3 is 1. The summed E-state index contributed by atoms with van der Waals surface area (Å²) in [6, 6.07) is 7.67. The lowest BCUT2D eigenvalue weighted by Crippen LogP contribution is -2.70. The summed E-state index contributed by atoms with van der Waals surface area (Å²) in [7, 11) is 1.31. The Morgan fingerprint density at radius 3 is 2.30 bits per heavy atom. The maximum Gasteiger partial charge on any atom is 0.328 e. The van der Waals surface area contributed by atoms with Crippen molar-refractivity contribution in [3.63, 3.8) is 0 Å². The van der Waals surface area contributed by atoms with Gasteiger partial charge in [-0.05, 0) is 11.5 Å². The molecule has 1 aliphatic rings. The fraction of sp³-hybridized carbons (Fsp3) is 0.471. The average molecular weight is 318 g/mol. The van der Waals surface area contributed by atoms with Gasteiger partial charge in [-0.1, -0.05) is 44.2 Å². The molecule has 1 saturated heterocycles. The molecule has 0 radical (unpaired) electrons. The maximum absolute atomic E-state index is 12.6. The predicted molar refractivity (Wildman–Crippen MR) is 84.3 cm³/mol. The van der Waals surface area contributed by atoms with E-state index in [1.54, 1.807) is 0 Å². The topological polar surface area (TPSA) is 75.7 Å². The molecular formula is C17H22N2O4. The van der Waals surface area contributed by atoms with Crippen molar-refractivity contribution in [2.24, 2.45) is 5.92 Å². The van der Waals surface area contributed by atoms with Crippen LogP contribution in [-0.2, 0) is 19.1 Å². The Balaban J connectivity index is 2.38. The average Bonchev–Trinajstić information content (AvgIpc) is 2.52. The molecule has 1 aliphatic heterocycles. The third kappa shape index (κ3) is 3.21. The molecule has 3 unspecified atom stereocenters. The highest BCUT2D eigenvalue weighted by Gasteiger charge is 2.54. The van der Waals surface area contributed by atoms with Gasteiger partial charge in [0.15, 0.2) is 0 Å². The quantitative estimate of drug-likeness (QED) is 0.655. The summed E-state index contributed by atoms with van der Waals surface area (Å²) in [5.74, 6) is -1.09. The van der Waals surface area contributed by atoms with Crippen LogP contribution in [0.15, 0.2) is 30.3 Å².